The number of nitrogens with two attached hydrogens (primary N) is 1. The molecule has 2 N–H and O–H groups in total. The van der Waals surface area contributed by atoms with Crippen molar-refractivity contribution < 1.29 is 8.42 Å². The summed E-state index contributed by atoms with van der Waals surface area (Å²) in [5.41, 5.74) is 9.49. The number of hydrogen-bond donors (Lipinski definition) is 1. The second kappa shape index (κ2) is 5.02. The van der Waals surface area contributed by atoms with E-state index in [1.165, 1.54) is 0 Å². The third-order valence-electron chi connectivity index (χ3n) is 4.03. The number of aryl methyl sites for hydroxylation is 1. The van der Waals surface area contributed by atoms with Crippen LogP contribution in [0.3, 0.4) is 0 Å². The van der Waals surface area contributed by atoms with Gasteiger partial charge in [-0.25, -0.2) is 8.42 Å². The summed E-state index contributed by atoms with van der Waals surface area (Å²) in [4.78, 5) is 0. The molecular weight excluding hydrogens is 246 g/mol. The zero-order chi connectivity index (χ0) is 13.3. The summed E-state index contributed by atoms with van der Waals surface area (Å²) in [6, 6.07) is 5.54. The molecule has 0 aliphatic carbocycles. The molecule has 3 nitrogen and oxygen atoms in total. The lowest BCUT2D eigenvalue weighted by atomic mass is 9.94. The van der Waals surface area contributed by atoms with Gasteiger partial charge in [-0.15, -0.1) is 0 Å². The minimum Gasteiger partial charge on any atom is -0.323 e. The van der Waals surface area contributed by atoms with E-state index < -0.39 is 21.1 Å². The van der Waals surface area contributed by atoms with Gasteiger partial charge in [0.15, 0.2) is 9.84 Å². The van der Waals surface area contributed by atoms with Crippen molar-refractivity contribution >= 4 is 9.84 Å². The largest absolute Gasteiger partial charge is 0.323 e. The summed E-state index contributed by atoms with van der Waals surface area (Å²) in [6.07, 6.45) is 2.43. The van der Waals surface area contributed by atoms with E-state index in [9.17, 15) is 8.42 Å². The van der Waals surface area contributed by atoms with Crippen LogP contribution in [-0.4, -0.2) is 19.4 Å². The summed E-state index contributed by atoms with van der Waals surface area (Å²) < 4.78 is 24.2. The van der Waals surface area contributed by atoms with Gasteiger partial charge in [0.1, 0.15) is 0 Å². The number of hydrogen-bond acceptors (Lipinski definition) is 3. The van der Waals surface area contributed by atoms with E-state index in [0.717, 1.165) is 29.5 Å². The SMILES string of the molecule is Cc1cccc(C(N)C2CCCCS2(=O)=O)c1C. The third-order valence-corrected chi connectivity index (χ3v) is 6.34. The molecule has 1 aliphatic heterocycles. The van der Waals surface area contributed by atoms with Crippen LogP contribution < -0.4 is 5.73 Å². The van der Waals surface area contributed by atoms with Gasteiger partial charge in [-0.2, -0.15) is 0 Å². The Balaban J connectivity index is 2.36. The normalized spacial score (nSPS) is 24.7. The van der Waals surface area contributed by atoms with Crippen molar-refractivity contribution in [2.24, 2.45) is 5.73 Å². The van der Waals surface area contributed by atoms with Crippen LogP contribution in [0.5, 0.6) is 0 Å². The predicted octanol–water partition coefficient (Wildman–Crippen LogP) is 2.27. The van der Waals surface area contributed by atoms with Crippen molar-refractivity contribution in [3.8, 4) is 0 Å². The van der Waals surface area contributed by atoms with Gasteiger partial charge in [0.2, 0.25) is 0 Å². The molecule has 1 heterocycles. The van der Waals surface area contributed by atoms with Gasteiger partial charge in [0.25, 0.3) is 0 Å². The molecule has 1 aromatic carbocycles. The molecule has 1 fully saturated rings. The summed E-state index contributed by atoms with van der Waals surface area (Å²) in [6.45, 7) is 4.04. The monoisotopic (exact) mass is 267 g/mol. The molecule has 0 saturated carbocycles. The van der Waals surface area contributed by atoms with E-state index in [0.29, 0.717) is 6.42 Å². The maximum atomic E-state index is 12.1. The Kier molecular flexibility index (Phi) is 3.78. The fraction of sp³-hybridized carbons (Fsp3) is 0.571. The Morgan fingerprint density at radius 3 is 2.67 bits per heavy atom. The van der Waals surface area contributed by atoms with E-state index in [-0.39, 0.29) is 5.75 Å². The molecule has 1 aromatic rings. The Morgan fingerprint density at radius 2 is 2.00 bits per heavy atom. The zero-order valence-electron chi connectivity index (χ0n) is 11.0. The average molecular weight is 267 g/mol. The van der Waals surface area contributed by atoms with E-state index in [1.54, 1.807) is 0 Å². The summed E-state index contributed by atoms with van der Waals surface area (Å²) in [5, 5.41) is -0.410. The van der Waals surface area contributed by atoms with Gasteiger partial charge in [0.05, 0.1) is 11.0 Å². The van der Waals surface area contributed by atoms with E-state index in [2.05, 4.69) is 0 Å². The number of rotatable bonds is 2. The lowest BCUT2D eigenvalue weighted by molar-refractivity contribution is 0.504. The van der Waals surface area contributed by atoms with Crippen LogP contribution in [0.15, 0.2) is 18.2 Å². The Bertz CT molecular complexity index is 537. The van der Waals surface area contributed by atoms with Crippen molar-refractivity contribution in [2.75, 3.05) is 5.75 Å². The van der Waals surface area contributed by atoms with Crippen molar-refractivity contribution in [1.82, 2.24) is 0 Å². The first-order chi connectivity index (χ1) is 8.43. The first-order valence-corrected chi connectivity index (χ1v) is 8.18. The second-order valence-electron chi connectivity index (χ2n) is 5.22. The molecule has 0 spiro atoms. The van der Waals surface area contributed by atoms with Crippen LogP contribution in [0.25, 0.3) is 0 Å². The lowest BCUT2D eigenvalue weighted by Crippen LogP contribution is -2.38. The van der Waals surface area contributed by atoms with Crippen LogP contribution in [0.1, 0.15) is 42.0 Å². The molecule has 1 aliphatic rings. The average Bonchev–Trinajstić information content (AvgIpc) is 2.31. The van der Waals surface area contributed by atoms with Gasteiger partial charge >= 0.3 is 0 Å². The molecule has 0 aromatic heterocycles. The highest BCUT2D eigenvalue weighted by Crippen LogP contribution is 2.31. The number of sulfone groups is 1. The fourth-order valence-electron chi connectivity index (χ4n) is 2.72. The van der Waals surface area contributed by atoms with Crippen LogP contribution in [0.4, 0.5) is 0 Å². The maximum absolute atomic E-state index is 12.1. The molecule has 18 heavy (non-hydrogen) atoms. The standard InChI is InChI=1S/C14H21NO2S/c1-10-6-5-7-12(11(10)2)14(15)13-8-3-4-9-18(13,16)17/h5-7,13-14H,3-4,8-9,15H2,1-2H3. The predicted molar refractivity (Wildman–Crippen MR) is 74.3 cm³/mol. The zero-order valence-corrected chi connectivity index (χ0v) is 11.8. The van der Waals surface area contributed by atoms with E-state index in [4.69, 9.17) is 5.73 Å². The Hall–Kier alpha value is -0.870. The molecule has 0 bridgehead atoms. The minimum atomic E-state index is -3.03. The summed E-state index contributed by atoms with van der Waals surface area (Å²) >= 11 is 0. The fourth-order valence-corrected chi connectivity index (χ4v) is 4.75. The lowest BCUT2D eigenvalue weighted by Gasteiger charge is -2.29. The van der Waals surface area contributed by atoms with Crippen LogP contribution in [0, 0.1) is 13.8 Å². The summed E-state index contributed by atoms with van der Waals surface area (Å²) in [7, 11) is -3.03. The van der Waals surface area contributed by atoms with Gasteiger partial charge in [-0.1, -0.05) is 24.6 Å². The van der Waals surface area contributed by atoms with E-state index in [1.807, 2.05) is 32.0 Å². The van der Waals surface area contributed by atoms with Crippen LogP contribution in [0.2, 0.25) is 0 Å². The smallest absolute Gasteiger partial charge is 0.155 e. The van der Waals surface area contributed by atoms with E-state index >= 15 is 0 Å². The summed E-state index contributed by atoms with van der Waals surface area (Å²) in [5.74, 6) is 0.288. The van der Waals surface area contributed by atoms with Crippen LogP contribution >= 0.6 is 0 Å². The minimum absolute atomic E-state index is 0.288. The quantitative estimate of drug-likeness (QED) is 0.894. The molecular formula is C14H21NO2S. The highest BCUT2D eigenvalue weighted by atomic mass is 32.2. The van der Waals surface area contributed by atoms with Crippen molar-refractivity contribution in [1.29, 1.82) is 0 Å². The third kappa shape index (κ3) is 2.45. The van der Waals surface area contributed by atoms with Gasteiger partial charge < -0.3 is 5.73 Å². The second-order valence-corrected chi connectivity index (χ2v) is 7.56. The topological polar surface area (TPSA) is 60.2 Å². The van der Waals surface area contributed by atoms with Gasteiger partial charge in [-0.3, -0.25) is 0 Å². The molecule has 2 unspecified atom stereocenters. The van der Waals surface area contributed by atoms with Crippen molar-refractivity contribution in [2.45, 2.75) is 44.4 Å². The first-order valence-electron chi connectivity index (χ1n) is 6.47. The molecule has 2 atom stereocenters. The maximum Gasteiger partial charge on any atom is 0.155 e. The molecule has 1 saturated heterocycles. The highest BCUT2D eigenvalue weighted by Gasteiger charge is 2.34. The molecule has 100 valence electrons. The molecule has 2 rings (SSSR count). The highest BCUT2D eigenvalue weighted by molar-refractivity contribution is 7.92. The van der Waals surface area contributed by atoms with Crippen molar-refractivity contribution in [3.63, 3.8) is 0 Å². The molecule has 0 amide bonds. The molecule has 4 heteroatoms. The molecule has 0 radical (unpaired) electrons. The Labute approximate surface area is 109 Å². The van der Waals surface area contributed by atoms with Crippen LogP contribution in [-0.2, 0) is 9.84 Å². The van der Waals surface area contributed by atoms with Gasteiger partial charge in [0, 0.05) is 6.04 Å². The van der Waals surface area contributed by atoms with Gasteiger partial charge in [-0.05, 0) is 43.4 Å². The van der Waals surface area contributed by atoms with Crippen molar-refractivity contribution in [3.05, 3.63) is 34.9 Å². The Morgan fingerprint density at radius 1 is 1.28 bits per heavy atom. The number of benzene rings is 1. The first kappa shape index (κ1) is 13.6.